The van der Waals surface area contributed by atoms with Crippen molar-refractivity contribution in [3.8, 4) is 0 Å². The van der Waals surface area contributed by atoms with E-state index in [0.717, 1.165) is 5.56 Å². The van der Waals surface area contributed by atoms with Crippen LogP contribution < -0.4 is 0 Å². The van der Waals surface area contributed by atoms with Crippen molar-refractivity contribution in [2.75, 3.05) is 20.6 Å². The van der Waals surface area contributed by atoms with Crippen molar-refractivity contribution < 1.29 is 24.6 Å². The summed E-state index contributed by atoms with van der Waals surface area (Å²) in [6, 6.07) is 4.47. The fourth-order valence-corrected chi connectivity index (χ4v) is 7.35. The van der Waals surface area contributed by atoms with Crippen LogP contribution in [0.15, 0.2) is 28.8 Å². The standard InChI is InChI=1S/C24H29Cl2N3O5S/c1-11-19-18(12(2)30)23(32)29(19)20(24(33)34)21(11)35-15-8-17(22(31)27(3)4)28(10-15)9-13-7-14(25)5-6-16(13)26/h5-7,11-12,15,17-19,30H,8-10H2,1-4H3,(H,33,34)/t11-,12-,15+,17+,18-,19-/m1/s1. The molecule has 0 radical (unpaired) electrons. The van der Waals surface area contributed by atoms with Gasteiger partial charge in [-0.3, -0.25) is 14.5 Å². The van der Waals surface area contributed by atoms with Crippen molar-refractivity contribution in [1.29, 1.82) is 0 Å². The molecule has 0 aliphatic carbocycles. The molecule has 0 saturated carbocycles. The van der Waals surface area contributed by atoms with Gasteiger partial charge < -0.3 is 20.0 Å². The molecule has 3 aliphatic heterocycles. The molecule has 35 heavy (non-hydrogen) atoms. The molecule has 0 unspecified atom stereocenters. The van der Waals surface area contributed by atoms with Gasteiger partial charge in [0.1, 0.15) is 5.70 Å². The smallest absolute Gasteiger partial charge is 0.353 e. The molecule has 2 fully saturated rings. The van der Waals surface area contributed by atoms with E-state index in [1.165, 1.54) is 16.7 Å². The van der Waals surface area contributed by atoms with Crippen molar-refractivity contribution in [2.24, 2.45) is 11.8 Å². The zero-order chi connectivity index (χ0) is 25.8. The number of amides is 2. The molecule has 0 bridgehead atoms. The van der Waals surface area contributed by atoms with Crippen LogP contribution in [0.4, 0.5) is 0 Å². The summed E-state index contributed by atoms with van der Waals surface area (Å²) in [5, 5.41) is 21.1. The monoisotopic (exact) mass is 541 g/mol. The van der Waals surface area contributed by atoms with E-state index in [9.17, 15) is 24.6 Å². The predicted molar refractivity (Wildman–Crippen MR) is 135 cm³/mol. The van der Waals surface area contributed by atoms with E-state index in [2.05, 4.69) is 4.90 Å². The number of carboxylic acid groups (broad SMARTS) is 1. The Morgan fingerprint density at radius 1 is 1.29 bits per heavy atom. The number of carbonyl (C=O) groups is 3. The molecule has 2 saturated heterocycles. The Kier molecular flexibility index (Phi) is 7.46. The van der Waals surface area contributed by atoms with Crippen LogP contribution in [0.2, 0.25) is 10.0 Å². The summed E-state index contributed by atoms with van der Waals surface area (Å²) in [5.74, 6) is -2.37. The van der Waals surface area contributed by atoms with Crippen LogP contribution in [0.25, 0.3) is 0 Å². The Morgan fingerprint density at radius 3 is 2.57 bits per heavy atom. The maximum absolute atomic E-state index is 13.0. The van der Waals surface area contributed by atoms with Crippen molar-refractivity contribution in [1.82, 2.24) is 14.7 Å². The summed E-state index contributed by atoms with van der Waals surface area (Å²) < 4.78 is 0. The largest absolute Gasteiger partial charge is 0.477 e. The second kappa shape index (κ2) is 9.94. The van der Waals surface area contributed by atoms with E-state index < -0.39 is 24.0 Å². The normalized spacial score (nSPS) is 29.3. The zero-order valence-electron chi connectivity index (χ0n) is 19.9. The molecule has 11 heteroatoms. The number of aliphatic hydroxyl groups is 1. The first-order valence-electron chi connectivity index (χ1n) is 11.5. The third-order valence-electron chi connectivity index (χ3n) is 7.08. The molecule has 8 nitrogen and oxygen atoms in total. The predicted octanol–water partition coefficient (Wildman–Crippen LogP) is 2.91. The highest BCUT2D eigenvalue weighted by atomic mass is 35.5. The number of hydrogen-bond donors (Lipinski definition) is 2. The van der Waals surface area contributed by atoms with Gasteiger partial charge in [0, 0.05) is 53.3 Å². The lowest BCUT2D eigenvalue weighted by Crippen LogP contribution is -2.63. The van der Waals surface area contributed by atoms with Gasteiger partial charge in [-0.25, -0.2) is 4.79 Å². The second-order valence-electron chi connectivity index (χ2n) is 9.66. The number of aliphatic carboxylic acids is 1. The molecule has 6 atom stereocenters. The minimum atomic E-state index is -1.15. The molecule has 1 aromatic rings. The summed E-state index contributed by atoms with van der Waals surface area (Å²) in [6.07, 6.45) is -0.321. The highest BCUT2D eigenvalue weighted by Crippen LogP contribution is 2.52. The second-order valence-corrected chi connectivity index (χ2v) is 11.8. The van der Waals surface area contributed by atoms with Crippen molar-refractivity contribution in [3.63, 3.8) is 0 Å². The van der Waals surface area contributed by atoms with Crippen LogP contribution in [0.1, 0.15) is 25.8 Å². The number of thioether (sulfide) groups is 1. The van der Waals surface area contributed by atoms with Crippen LogP contribution in [0.3, 0.4) is 0 Å². The number of likely N-dealkylation sites (tertiary alicyclic amines) is 1. The van der Waals surface area contributed by atoms with Gasteiger partial charge in [0.15, 0.2) is 0 Å². The van der Waals surface area contributed by atoms with Crippen LogP contribution in [0.5, 0.6) is 0 Å². The molecule has 1 aromatic carbocycles. The van der Waals surface area contributed by atoms with Gasteiger partial charge in [0.05, 0.1) is 24.1 Å². The number of benzene rings is 1. The molecule has 190 valence electrons. The average molecular weight is 542 g/mol. The highest BCUT2D eigenvalue weighted by molar-refractivity contribution is 8.03. The van der Waals surface area contributed by atoms with Crippen LogP contribution in [-0.4, -0.2) is 86.8 Å². The maximum Gasteiger partial charge on any atom is 0.353 e. The topological polar surface area (TPSA) is 101 Å². The Morgan fingerprint density at radius 2 is 1.97 bits per heavy atom. The van der Waals surface area contributed by atoms with E-state index in [-0.39, 0.29) is 34.7 Å². The van der Waals surface area contributed by atoms with Gasteiger partial charge >= 0.3 is 5.97 Å². The first-order valence-corrected chi connectivity index (χ1v) is 13.1. The number of nitrogens with zero attached hydrogens (tertiary/aromatic N) is 3. The number of likely N-dealkylation sites (N-methyl/N-ethyl adjacent to an activating group) is 1. The van der Waals surface area contributed by atoms with Crippen LogP contribution in [-0.2, 0) is 20.9 Å². The summed E-state index contributed by atoms with van der Waals surface area (Å²) >= 11 is 14.0. The first-order chi connectivity index (χ1) is 16.4. The van der Waals surface area contributed by atoms with Gasteiger partial charge in [-0.1, -0.05) is 30.1 Å². The van der Waals surface area contributed by atoms with Crippen molar-refractivity contribution in [2.45, 2.75) is 50.3 Å². The molecular weight excluding hydrogens is 513 g/mol. The quantitative estimate of drug-likeness (QED) is 0.511. The number of carbonyl (C=O) groups excluding carboxylic acids is 2. The van der Waals surface area contributed by atoms with Crippen molar-refractivity contribution in [3.05, 3.63) is 44.4 Å². The van der Waals surface area contributed by atoms with E-state index in [1.54, 1.807) is 44.1 Å². The number of rotatable bonds is 7. The summed E-state index contributed by atoms with van der Waals surface area (Å²) in [6.45, 7) is 4.43. The molecule has 2 N–H and O–H groups in total. The fourth-order valence-electron chi connectivity index (χ4n) is 5.42. The van der Waals surface area contributed by atoms with Gasteiger partial charge in [-0.15, -0.1) is 11.8 Å². The van der Waals surface area contributed by atoms with Crippen LogP contribution in [0, 0.1) is 11.8 Å². The van der Waals surface area contributed by atoms with E-state index in [0.29, 0.717) is 34.5 Å². The SMILES string of the molecule is C[C@@H](O)[C@H]1C(=O)N2C(C(=O)O)=C(S[C@H]3C[C@@H](C(=O)N(C)C)N(Cc4cc(Cl)ccc4Cl)C3)[C@H](C)[C@H]12. The molecule has 0 spiro atoms. The highest BCUT2D eigenvalue weighted by Gasteiger charge is 2.60. The lowest BCUT2D eigenvalue weighted by Gasteiger charge is -2.46. The Bertz CT molecular complexity index is 1090. The van der Waals surface area contributed by atoms with E-state index in [4.69, 9.17) is 23.2 Å². The third-order valence-corrected chi connectivity index (χ3v) is 9.17. The summed E-state index contributed by atoms with van der Waals surface area (Å²) in [4.78, 5) is 43.4. The molecule has 4 rings (SSSR count). The molecule has 3 heterocycles. The first kappa shape index (κ1) is 26.3. The van der Waals surface area contributed by atoms with Gasteiger partial charge in [-0.05, 0) is 37.1 Å². The number of carboxylic acids is 1. The van der Waals surface area contributed by atoms with Crippen LogP contribution >= 0.6 is 35.0 Å². The van der Waals surface area contributed by atoms with E-state index in [1.807, 2.05) is 6.92 Å². The summed E-state index contributed by atoms with van der Waals surface area (Å²) in [7, 11) is 3.43. The number of aliphatic hydroxyl groups excluding tert-OH is 1. The average Bonchev–Trinajstić information content (AvgIpc) is 3.27. The molecule has 2 amide bonds. The van der Waals surface area contributed by atoms with Gasteiger partial charge in [-0.2, -0.15) is 0 Å². The zero-order valence-corrected chi connectivity index (χ0v) is 22.3. The lowest BCUT2D eigenvalue weighted by molar-refractivity contribution is -0.163. The Labute approximate surface area is 218 Å². The summed E-state index contributed by atoms with van der Waals surface area (Å²) in [5.41, 5.74) is 0.816. The van der Waals surface area contributed by atoms with Gasteiger partial charge in [0.25, 0.3) is 0 Å². The Balaban J connectivity index is 1.59. The third kappa shape index (κ3) is 4.69. The van der Waals surface area contributed by atoms with Crippen molar-refractivity contribution >= 4 is 52.7 Å². The lowest BCUT2D eigenvalue weighted by atomic mass is 9.79. The number of halogens is 2. The molecule has 0 aromatic heterocycles. The number of hydrogen-bond acceptors (Lipinski definition) is 6. The fraction of sp³-hybridized carbons (Fsp3) is 0.542. The minimum Gasteiger partial charge on any atom is -0.477 e. The number of fused-ring (bicyclic) bond motifs is 1. The minimum absolute atomic E-state index is 0.00113. The van der Waals surface area contributed by atoms with E-state index >= 15 is 0 Å². The molecular formula is C24H29Cl2N3O5S. The van der Waals surface area contributed by atoms with Gasteiger partial charge in [0.2, 0.25) is 11.8 Å². The number of β-lactam (4-membered cyclic amide) rings is 1. The Hall–Kier alpha value is -1.78. The molecule has 3 aliphatic rings. The maximum atomic E-state index is 13.0.